The Bertz CT molecular complexity index is 252. The SMILES string of the molecule is CCCSN1CN=C(Cl)C(N)=C1Cl. The Morgan fingerprint density at radius 3 is 2.92 bits per heavy atom. The fourth-order valence-corrected chi connectivity index (χ4v) is 2.03. The fraction of sp³-hybridized carbons (Fsp3) is 0.571. The molecule has 0 saturated heterocycles. The summed E-state index contributed by atoms with van der Waals surface area (Å²) in [5.74, 6) is 0.997. The smallest absolute Gasteiger partial charge is 0.151 e. The van der Waals surface area contributed by atoms with Gasteiger partial charge in [0.15, 0.2) is 5.17 Å². The minimum atomic E-state index is 0.304. The molecule has 0 aromatic heterocycles. The van der Waals surface area contributed by atoms with E-state index in [0.717, 1.165) is 12.2 Å². The van der Waals surface area contributed by atoms with E-state index in [2.05, 4.69) is 11.9 Å². The van der Waals surface area contributed by atoms with Crippen molar-refractivity contribution in [1.82, 2.24) is 4.31 Å². The van der Waals surface area contributed by atoms with Gasteiger partial charge in [0, 0.05) is 5.75 Å². The van der Waals surface area contributed by atoms with Crippen LogP contribution in [-0.2, 0) is 0 Å². The summed E-state index contributed by atoms with van der Waals surface area (Å²) < 4.78 is 1.84. The predicted molar refractivity (Wildman–Crippen MR) is 59.8 cm³/mol. The maximum Gasteiger partial charge on any atom is 0.151 e. The van der Waals surface area contributed by atoms with Crippen molar-refractivity contribution in [2.75, 3.05) is 12.4 Å². The van der Waals surface area contributed by atoms with Gasteiger partial charge in [0.25, 0.3) is 0 Å². The lowest BCUT2D eigenvalue weighted by Gasteiger charge is -2.24. The third-order valence-electron chi connectivity index (χ3n) is 1.45. The summed E-state index contributed by atoms with van der Waals surface area (Å²) >= 11 is 13.3. The molecule has 0 unspecified atom stereocenters. The third-order valence-corrected chi connectivity index (χ3v) is 3.48. The minimum Gasteiger partial charge on any atom is -0.394 e. The highest BCUT2D eigenvalue weighted by atomic mass is 35.5. The van der Waals surface area contributed by atoms with E-state index < -0.39 is 0 Å². The molecule has 0 fully saturated rings. The van der Waals surface area contributed by atoms with Gasteiger partial charge in [-0.05, 0) is 18.4 Å². The zero-order valence-electron chi connectivity index (χ0n) is 7.26. The summed E-state index contributed by atoms with van der Waals surface area (Å²) in [6.07, 6.45) is 1.09. The first-order valence-corrected chi connectivity index (χ1v) is 5.62. The van der Waals surface area contributed by atoms with Crippen molar-refractivity contribution in [2.45, 2.75) is 13.3 Å². The molecule has 2 N–H and O–H groups in total. The molecule has 1 rings (SSSR count). The van der Waals surface area contributed by atoms with Crippen LogP contribution >= 0.6 is 35.1 Å². The molecule has 0 aromatic carbocycles. The zero-order valence-corrected chi connectivity index (χ0v) is 9.59. The second-order valence-electron chi connectivity index (χ2n) is 2.51. The molecule has 1 heterocycles. The van der Waals surface area contributed by atoms with Crippen LogP contribution in [0.25, 0.3) is 0 Å². The van der Waals surface area contributed by atoms with Crippen molar-refractivity contribution in [1.29, 1.82) is 0 Å². The molecule has 6 heteroatoms. The highest BCUT2D eigenvalue weighted by Gasteiger charge is 2.18. The first kappa shape index (κ1) is 11.0. The number of hydrogen-bond acceptors (Lipinski definition) is 4. The summed E-state index contributed by atoms with van der Waals surface area (Å²) in [5.41, 5.74) is 5.97. The average molecular weight is 240 g/mol. The molecule has 0 saturated carbocycles. The molecular formula is C7H11Cl2N3S. The minimum absolute atomic E-state index is 0.304. The summed E-state index contributed by atoms with van der Waals surface area (Å²) in [4.78, 5) is 4.02. The van der Waals surface area contributed by atoms with E-state index in [-0.39, 0.29) is 0 Å². The Hall–Kier alpha value is -0.0600. The summed E-state index contributed by atoms with van der Waals surface area (Å²) in [5, 5.41) is 0.789. The monoisotopic (exact) mass is 239 g/mol. The average Bonchev–Trinajstić information content (AvgIpc) is 2.13. The van der Waals surface area contributed by atoms with Crippen molar-refractivity contribution in [3.63, 3.8) is 0 Å². The van der Waals surface area contributed by atoms with Gasteiger partial charge in [-0.2, -0.15) is 0 Å². The molecule has 0 spiro atoms. The summed E-state index contributed by atoms with van der Waals surface area (Å²) in [6, 6.07) is 0. The van der Waals surface area contributed by atoms with Crippen molar-refractivity contribution in [3.05, 3.63) is 10.9 Å². The molecule has 0 aromatic rings. The van der Waals surface area contributed by atoms with Gasteiger partial charge in [-0.25, -0.2) is 4.99 Å². The number of hydrogen-bond donors (Lipinski definition) is 1. The van der Waals surface area contributed by atoms with Crippen LogP contribution < -0.4 is 5.73 Å². The van der Waals surface area contributed by atoms with Crippen LogP contribution in [0.3, 0.4) is 0 Å². The van der Waals surface area contributed by atoms with Crippen LogP contribution in [0, 0.1) is 0 Å². The van der Waals surface area contributed by atoms with Crippen LogP contribution in [-0.4, -0.2) is 21.9 Å². The normalized spacial score (nSPS) is 17.8. The second kappa shape index (κ2) is 4.98. The van der Waals surface area contributed by atoms with Gasteiger partial charge in [0.05, 0.1) is 0 Å². The Morgan fingerprint density at radius 1 is 1.62 bits per heavy atom. The number of allylic oxidation sites excluding steroid dienone is 1. The van der Waals surface area contributed by atoms with Crippen LogP contribution in [0.5, 0.6) is 0 Å². The van der Waals surface area contributed by atoms with E-state index in [1.165, 1.54) is 0 Å². The molecule has 1 aliphatic heterocycles. The van der Waals surface area contributed by atoms with Gasteiger partial charge >= 0.3 is 0 Å². The van der Waals surface area contributed by atoms with E-state index in [0.29, 0.717) is 22.7 Å². The summed E-state index contributed by atoms with van der Waals surface area (Å²) in [7, 11) is 0. The maximum atomic E-state index is 5.96. The van der Waals surface area contributed by atoms with Crippen LogP contribution in [0.15, 0.2) is 15.8 Å². The van der Waals surface area contributed by atoms with Gasteiger partial charge in [-0.15, -0.1) is 0 Å². The lowest BCUT2D eigenvalue weighted by atomic mass is 10.5. The first-order chi connectivity index (χ1) is 6.16. The third kappa shape index (κ3) is 2.69. The van der Waals surface area contributed by atoms with Crippen LogP contribution in [0.4, 0.5) is 0 Å². The molecule has 0 bridgehead atoms. The Balaban J connectivity index is 2.63. The van der Waals surface area contributed by atoms with Gasteiger partial charge in [-0.3, -0.25) is 4.31 Å². The summed E-state index contributed by atoms with van der Waals surface area (Å²) in [6.45, 7) is 2.58. The maximum absolute atomic E-state index is 5.96. The Morgan fingerprint density at radius 2 is 2.31 bits per heavy atom. The first-order valence-electron chi connectivity index (χ1n) is 3.92. The van der Waals surface area contributed by atoms with Crippen molar-refractivity contribution < 1.29 is 0 Å². The Labute approximate surface area is 92.1 Å². The number of rotatable bonds is 3. The molecular weight excluding hydrogens is 229 g/mol. The van der Waals surface area contributed by atoms with Crippen molar-refractivity contribution >= 4 is 40.3 Å². The Kier molecular flexibility index (Phi) is 4.22. The largest absolute Gasteiger partial charge is 0.394 e. The quantitative estimate of drug-likeness (QED) is 0.608. The number of halogens is 2. The highest BCUT2D eigenvalue weighted by molar-refractivity contribution is 7.97. The molecule has 0 amide bonds. The number of aliphatic imine (C=N–C) groups is 1. The molecule has 0 radical (unpaired) electrons. The van der Waals surface area contributed by atoms with E-state index in [9.17, 15) is 0 Å². The molecule has 74 valence electrons. The van der Waals surface area contributed by atoms with Gasteiger partial charge in [0.2, 0.25) is 0 Å². The van der Waals surface area contributed by atoms with Crippen LogP contribution in [0.2, 0.25) is 0 Å². The van der Waals surface area contributed by atoms with Crippen molar-refractivity contribution in [2.24, 2.45) is 10.7 Å². The van der Waals surface area contributed by atoms with Crippen LogP contribution in [0.1, 0.15) is 13.3 Å². The molecule has 1 aliphatic rings. The molecule has 3 nitrogen and oxygen atoms in total. The van der Waals surface area contributed by atoms with E-state index in [1.54, 1.807) is 11.9 Å². The standard InChI is InChI=1S/C7H11Cl2N3S/c1-2-3-13-12-4-11-6(8)5(10)7(12)9/h2-4,10H2,1H3. The van der Waals surface area contributed by atoms with Gasteiger partial charge in [-0.1, -0.05) is 30.1 Å². The zero-order chi connectivity index (χ0) is 9.84. The topological polar surface area (TPSA) is 41.6 Å². The second-order valence-corrected chi connectivity index (χ2v) is 4.33. The number of nitrogens with zero attached hydrogens (tertiary/aromatic N) is 2. The van der Waals surface area contributed by atoms with Crippen molar-refractivity contribution in [3.8, 4) is 0 Å². The lowest BCUT2D eigenvalue weighted by Crippen LogP contribution is -2.25. The predicted octanol–water partition coefficient (Wildman–Crippen LogP) is 2.32. The molecule has 0 aliphatic carbocycles. The van der Waals surface area contributed by atoms with Gasteiger partial charge in [0.1, 0.15) is 17.5 Å². The fourth-order valence-electron chi connectivity index (χ4n) is 0.792. The highest BCUT2D eigenvalue weighted by Crippen LogP contribution is 2.26. The molecule has 0 atom stereocenters. The lowest BCUT2D eigenvalue weighted by molar-refractivity contribution is 0.611. The van der Waals surface area contributed by atoms with E-state index in [1.807, 2.05) is 4.31 Å². The number of nitrogens with two attached hydrogens (primary N) is 1. The van der Waals surface area contributed by atoms with Gasteiger partial charge < -0.3 is 5.73 Å². The van der Waals surface area contributed by atoms with E-state index in [4.69, 9.17) is 28.9 Å². The van der Waals surface area contributed by atoms with E-state index >= 15 is 0 Å². The molecule has 13 heavy (non-hydrogen) atoms.